The van der Waals surface area contributed by atoms with Gasteiger partial charge in [0.1, 0.15) is 0 Å². The zero-order chi connectivity index (χ0) is 28.9. The molecule has 10 N–H and O–H groups in total. The van der Waals surface area contributed by atoms with Crippen LogP contribution in [0.15, 0.2) is 0 Å². The van der Waals surface area contributed by atoms with Gasteiger partial charge in [-0.25, -0.2) is 0 Å². The molecule has 0 aromatic heterocycles. The summed E-state index contributed by atoms with van der Waals surface area (Å²) in [5, 5.41) is 8.74. The third-order valence-corrected chi connectivity index (χ3v) is 7.62. The van der Waals surface area contributed by atoms with E-state index in [1.165, 1.54) is 0 Å². The van der Waals surface area contributed by atoms with E-state index in [0.29, 0.717) is 59.0 Å². The Morgan fingerprint density at radius 2 is 0.973 bits per heavy atom. The lowest BCUT2D eigenvalue weighted by Crippen LogP contribution is -2.42. The van der Waals surface area contributed by atoms with Gasteiger partial charge in [-0.05, 0) is 0 Å². The van der Waals surface area contributed by atoms with Crippen LogP contribution < -0.4 is 0 Å². The highest BCUT2D eigenvalue weighted by Gasteiger charge is 2.18. The highest BCUT2D eigenvalue weighted by atomic mass is 31.2. The predicted molar refractivity (Wildman–Crippen MR) is 148 cm³/mol. The van der Waals surface area contributed by atoms with Gasteiger partial charge in [0.25, 0.3) is 0 Å². The number of aliphatic hydroxyl groups excluding tert-OH is 1. The second-order valence-electron chi connectivity index (χ2n) is 8.27. The first-order valence-electron chi connectivity index (χ1n) is 11.8. The Labute approximate surface area is 224 Å². The SMILES string of the molecule is CN(C)[OH+]CCCN(CCN(CCP(O)O)CCP(O)O)CCN(CCP(O)O)CCP(=O)(O)O.CO. The molecule has 0 aromatic rings. The Balaban J connectivity index is 0. The average molecular weight is 622 g/mol. The van der Waals surface area contributed by atoms with Gasteiger partial charge in [-0.1, -0.05) is 5.06 Å². The van der Waals surface area contributed by atoms with E-state index in [1.807, 2.05) is 23.9 Å². The van der Waals surface area contributed by atoms with Crippen molar-refractivity contribution in [1.29, 1.82) is 0 Å². The van der Waals surface area contributed by atoms with Crippen LogP contribution in [0.5, 0.6) is 0 Å². The van der Waals surface area contributed by atoms with E-state index >= 15 is 0 Å². The zero-order valence-corrected chi connectivity index (χ0v) is 25.6. The maximum absolute atomic E-state index is 11.3. The van der Waals surface area contributed by atoms with Gasteiger partial charge in [0.15, 0.2) is 31.7 Å². The highest BCUT2D eigenvalue weighted by molar-refractivity contribution is 7.51. The first-order chi connectivity index (χ1) is 17.3. The molecule has 0 unspecified atom stereocenters. The molecule has 0 atom stereocenters. The standard InChI is InChI=1S/C17H44N4O10P4.CH4O/c1-18(2)31-13-3-4-19(5-7-20(9-14-32(22)23)10-15-33(24)25)6-8-21(11-16-34(26)27)12-17-35(28,29)30;1-2/h22-27H,3-17H2,1-2H3,(H2,28,29,30);2H,1H3/p+1. The molecule has 0 radical (unpaired) electrons. The van der Waals surface area contributed by atoms with Gasteiger partial charge in [-0.15, -0.1) is 0 Å². The molecule has 0 heterocycles. The summed E-state index contributed by atoms with van der Waals surface area (Å²) >= 11 is 0. The van der Waals surface area contributed by atoms with Crippen molar-refractivity contribution in [2.45, 2.75) is 6.42 Å². The molecule has 0 fully saturated rings. The monoisotopic (exact) mass is 621 g/mol. The van der Waals surface area contributed by atoms with E-state index < -0.39 is 32.7 Å². The van der Waals surface area contributed by atoms with Gasteiger partial charge in [-0.3, -0.25) is 4.57 Å². The molecule has 0 saturated carbocycles. The molecule has 226 valence electrons. The van der Waals surface area contributed by atoms with Crippen LogP contribution in [0.4, 0.5) is 0 Å². The molecule has 0 saturated heterocycles. The predicted octanol–water partition coefficient (Wildman–Crippen LogP) is -2.04. The van der Waals surface area contributed by atoms with Gasteiger partial charge < -0.3 is 63.8 Å². The van der Waals surface area contributed by atoms with Gasteiger partial charge in [-0.2, -0.15) is 0 Å². The van der Waals surface area contributed by atoms with E-state index in [4.69, 9.17) is 5.11 Å². The van der Waals surface area contributed by atoms with Crippen LogP contribution in [0.3, 0.4) is 0 Å². The van der Waals surface area contributed by atoms with E-state index in [-0.39, 0.29) is 31.2 Å². The first-order valence-corrected chi connectivity index (χ1v) is 17.8. The van der Waals surface area contributed by atoms with Crippen molar-refractivity contribution in [3.05, 3.63) is 0 Å². The van der Waals surface area contributed by atoms with Crippen molar-refractivity contribution in [3.8, 4) is 0 Å². The van der Waals surface area contributed by atoms with Gasteiger partial charge in [0, 0.05) is 90.9 Å². The molecule has 0 aliphatic heterocycles. The van der Waals surface area contributed by atoms with Crippen LogP contribution in [0, 0.1) is 0 Å². The van der Waals surface area contributed by atoms with Crippen molar-refractivity contribution in [3.63, 3.8) is 0 Å². The number of aliphatic hydroxyl groups is 2. The molecule has 15 nitrogen and oxygen atoms in total. The Kier molecular flexibility index (Phi) is 26.8. The minimum Gasteiger partial charge on any atom is -0.400 e. The van der Waals surface area contributed by atoms with Crippen molar-refractivity contribution in [2.75, 3.05) is 111 Å². The summed E-state index contributed by atoms with van der Waals surface area (Å²) in [6, 6.07) is 0. The van der Waals surface area contributed by atoms with Crippen molar-refractivity contribution >= 4 is 32.7 Å². The molecule has 0 aliphatic rings. The highest BCUT2D eigenvalue weighted by Crippen LogP contribution is 2.33. The molecule has 0 aliphatic carbocycles. The molecule has 0 aromatic carbocycles. The second kappa shape index (κ2) is 24.7. The summed E-state index contributed by atoms with van der Waals surface area (Å²) < 4.78 is 11.3. The van der Waals surface area contributed by atoms with Gasteiger partial charge in [0.05, 0.1) is 20.3 Å². The summed E-state index contributed by atoms with van der Waals surface area (Å²) in [6.45, 7) is 4.85. The van der Waals surface area contributed by atoms with Crippen molar-refractivity contribution in [1.82, 2.24) is 19.8 Å². The lowest BCUT2D eigenvalue weighted by molar-refractivity contribution is -0.259. The quantitative estimate of drug-likeness (QED) is 0.0260. The average Bonchev–Trinajstić information content (AvgIpc) is 2.79. The van der Waals surface area contributed by atoms with Crippen molar-refractivity contribution in [2.24, 2.45) is 0 Å². The van der Waals surface area contributed by atoms with Crippen LogP contribution >= 0.6 is 32.7 Å². The summed E-state index contributed by atoms with van der Waals surface area (Å²) in [5.74, 6) is 0. The number of hydrogen-bond donors (Lipinski definition) is 9. The molecule has 0 rings (SSSR count). The third-order valence-electron chi connectivity index (χ3n) is 5.04. The van der Waals surface area contributed by atoms with Gasteiger partial charge in [0.2, 0.25) is 0 Å². The first kappa shape index (κ1) is 40.1. The van der Waals surface area contributed by atoms with E-state index in [1.54, 1.807) is 5.06 Å². The number of rotatable bonds is 23. The summed E-state index contributed by atoms with van der Waals surface area (Å²) in [6.07, 6.45) is 1.01. The Hall–Kier alpha value is 0.960. The van der Waals surface area contributed by atoms with Crippen LogP contribution in [0.1, 0.15) is 6.42 Å². The number of hydroxylamine groups is 2. The van der Waals surface area contributed by atoms with E-state index in [0.717, 1.165) is 13.5 Å². The largest absolute Gasteiger partial charge is 0.400 e. The summed E-state index contributed by atoms with van der Waals surface area (Å²) in [5.41, 5.74) is 0. The Morgan fingerprint density at radius 1 is 0.622 bits per heavy atom. The topological polar surface area (TPSA) is 225 Å². The molecular weight excluding hydrogens is 572 g/mol. The fraction of sp³-hybridized carbons (Fsp3) is 1.00. The number of nitrogens with zero attached hydrogens (tertiary/aromatic N) is 4. The maximum atomic E-state index is 11.3. The van der Waals surface area contributed by atoms with E-state index in [9.17, 15) is 43.7 Å². The summed E-state index contributed by atoms with van der Waals surface area (Å²) in [4.78, 5) is 84.3. The van der Waals surface area contributed by atoms with E-state index in [2.05, 4.69) is 9.74 Å². The van der Waals surface area contributed by atoms with Gasteiger partial charge >= 0.3 is 7.60 Å². The Bertz CT molecular complexity index is 554. The lowest BCUT2D eigenvalue weighted by Gasteiger charge is -2.30. The summed E-state index contributed by atoms with van der Waals surface area (Å²) in [7, 11) is -5.68. The molecular formula is C18H49N4O11P4+. The van der Waals surface area contributed by atoms with Crippen LogP contribution in [-0.4, -0.2) is 180 Å². The Morgan fingerprint density at radius 3 is 1.30 bits per heavy atom. The third kappa shape index (κ3) is 29.8. The molecule has 19 heteroatoms. The van der Waals surface area contributed by atoms with Crippen LogP contribution in [0.2, 0.25) is 0 Å². The second-order valence-corrected chi connectivity index (χ2v) is 13.6. The maximum Gasteiger partial charge on any atom is 0.326 e. The van der Waals surface area contributed by atoms with Crippen LogP contribution in [0.25, 0.3) is 0 Å². The smallest absolute Gasteiger partial charge is 0.326 e. The normalized spacial score (nSPS) is 12.6. The molecule has 37 heavy (non-hydrogen) atoms. The molecule has 0 spiro atoms. The molecule has 0 amide bonds. The molecule has 0 bridgehead atoms. The van der Waals surface area contributed by atoms with Crippen LogP contribution in [-0.2, 0) is 4.57 Å². The van der Waals surface area contributed by atoms with Crippen molar-refractivity contribution < 1.29 is 53.7 Å². The number of hydrogen-bond acceptors (Lipinski definition) is 12. The minimum absolute atomic E-state index is 0.128. The fourth-order valence-electron chi connectivity index (χ4n) is 3.10. The zero-order valence-electron chi connectivity index (χ0n) is 22.1. The minimum atomic E-state index is -4.18. The lowest BCUT2D eigenvalue weighted by atomic mass is 10.3. The fourth-order valence-corrected chi connectivity index (χ4v) is 5.03.